The monoisotopic (exact) mass is 236 g/mol. The standard InChI is InChI=1S/C14H12N4/c1-10-7-11(17-9-16)3-5-13(10)14-6-4-12(8-15)18(14)2/h3-7,17H,1-2H3. The van der Waals surface area contributed by atoms with Crippen LogP contribution in [0, 0.1) is 29.7 Å². The minimum absolute atomic E-state index is 0.628. The minimum atomic E-state index is 0.628. The van der Waals surface area contributed by atoms with Crippen LogP contribution in [-0.4, -0.2) is 4.57 Å². The van der Waals surface area contributed by atoms with Crippen molar-refractivity contribution in [3.05, 3.63) is 41.6 Å². The topological polar surface area (TPSA) is 64.5 Å². The molecule has 18 heavy (non-hydrogen) atoms. The van der Waals surface area contributed by atoms with Gasteiger partial charge >= 0.3 is 0 Å². The maximum Gasteiger partial charge on any atom is 0.181 e. The Morgan fingerprint density at radius 3 is 2.50 bits per heavy atom. The Balaban J connectivity index is 2.49. The Morgan fingerprint density at radius 1 is 1.17 bits per heavy atom. The van der Waals surface area contributed by atoms with Gasteiger partial charge in [0.05, 0.1) is 0 Å². The third-order valence-corrected chi connectivity index (χ3v) is 2.94. The summed E-state index contributed by atoms with van der Waals surface area (Å²) < 4.78 is 1.86. The number of hydrogen-bond acceptors (Lipinski definition) is 3. The molecule has 0 saturated carbocycles. The van der Waals surface area contributed by atoms with E-state index in [1.54, 1.807) is 6.07 Å². The van der Waals surface area contributed by atoms with E-state index in [-0.39, 0.29) is 0 Å². The molecule has 0 fully saturated rings. The molecular weight excluding hydrogens is 224 g/mol. The van der Waals surface area contributed by atoms with Gasteiger partial charge in [-0.25, -0.2) is 0 Å². The van der Waals surface area contributed by atoms with Crippen LogP contribution >= 0.6 is 0 Å². The lowest BCUT2D eigenvalue weighted by molar-refractivity contribution is 0.916. The fourth-order valence-electron chi connectivity index (χ4n) is 1.99. The molecule has 1 heterocycles. The van der Waals surface area contributed by atoms with E-state index in [1.807, 2.05) is 49.0 Å². The van der Waals surface area contributed by atoms with Gasteiger partial charge in [-0.05, 0) is 36.8 Å². The van der Waals surface area contributed by atoms with Gasteiger partial charge in [-0.2, -0.15) is 10.5 Å². The van der Waals surface area contributed by atoms with Crippen LogP contribution in [-0.2, 0) is 7.05 Å². The first-order valence-electron chi connectivity index (χ1n) is 5.49. The van der Waals surface area contributed by atoms with Gasteiger partial charge in [-0.3, -0.25) is 5.32 Å². The number of rotatable bonds is 2. The molecule has 0 aliphatic heterocycles. The Hall–Kier alpha value is -2.72. The first kappa shape index (κ1) is 11.8. The molecule has 4 nitrogen and oxygen atoms in total. The van der Waals surface area contributed by atoms with Gasteiger partial charge in [0.15, 0.2) is 6.19 Å². The Kier molecular flexibility index (Phi) is 3.03. The second-order valence-corrected chi connectivity index (χ2v) is 4.04. The molecule has 0 atom stereocenters. The lowest BCUT2D eigenvalue weighted by Crippen LogP contribution is -1.96. The van der Waals surface area contributed by atoms with Crippen molar-refractivity contribution >= 4 is 5.69 Å². The lowest BCUT2D eigenvalue weighted by atomic mass is 10.0. The average Bonchev–Trinajstić information content (AvgIpc) is 2.71. The molecule has 2 rings (SSSR count). The highest BCUT2D eigenvalue weighted by Crippen LogP contribution is 2.27. The maximum atomic E-state index is 8.95. The third kappa shape index (κ3) is 1.92. The zero-order chi connectivity index (χ0) is 13.1. The van der Waals surface area contributed by atoms with E-state index < -0.39 is 0 Å². The van der Waals surface area contributed by atoms with Crippen LogP contribution in [0.2, 0.25) is 0 Å². The summed E-state index contributed by atoms with van der Waals surface area (Å²) in [6.45, 7) is 1.98. The molecule has 88 valence electrons. The maximum absolute atomic E-state index is 8.95. The van der Waals surface area contributed by atoms with Gasteiger partial charge in [-0.15, -0.1) is 0 Å². The molecule has 1 N–H and O–H groups in total. The Bertz CT molecular complexity index is 668. The number of aromatic nitrogens is 1. The summed E-state index contributed by atoms with van der Waals surface area (Å²) in [5, 5.41) is 20.1. The number of aryl methyl sites for hydroxylation is 1. The zero-order valence-electron chi connectivity index (χ0n) is 10.2. The fraction of sp³-hybridized carbons (Fsp3) is 0.143. The van der Waals surface area contributed by atoms with E-state index in [0.717, 1.165) is 22.5 Å². The van der Waals surface area contributed by atoms with Gasteiger partial charge in [-0.1, -0.05) is 6.07 Å². The summed E-state index contributed by atoms with van der Waals surface area (Å²) in [6.07, 6.45) is 1.90. The number of nitrogens with zero attached hydrogens (tertiary/aromatic N) is 3. The second-order valence-electron chi connectivity index (χ2n) is 4.04. The van der Waals surface area contributed by atoms with Crippen LogP contribution in [0.25, 0.3) is 11.3 Å². The van der Waals surface area contributed by atoms with E-state index in [9.17, 15) is 0 Å². The molecule has 0 saturated heterocycles. The van der Waals surface area contributed by atoms with Crippen molar-refractivity contribution in [1.29, 1.82) is 10.5 Å². The Labute approximate surface area is 106 Å². The predicted octanol–water partition coefficient (Wildman–Crippen LogP) is 2.77. The van der Waals surface area contributed by atoms with Crippen LogP contribution < -0.4 is 5.32 Å². The molecule has 2 aromatic rings. The predicted molar refractivity (Wildman–Crippen MR) is 69.5 cm³/mol. The van der Waals surface area contributed by atoms with E-state index in [0.29, 0.717) is 5.69 Å². The zero-order valence-corrected chi connectivity index (χ0v) is 10.2. The molecule has 1 aromatic heterocycles. The smallest absolute Gasteiger partial charge is 0.181 e. The summed E-state index contributed by atoms with van der Waals surface area (Å²) in [6, 6.07) is 11.6. The van der Waals surface area contributed by atoms with Crippen molar-refractivity contribution in [2.75, 3.05) is 5.32 Å². The van der Waals surface area contributed by atoms with Gasteiger partial charge in [0.1, 0.15) is 11.8 Å². The summed E-state index contributed by atoms with van der Waals surface area (Å²) in [5.74, 6) is 0. The molecule has 0 amide bonds. The second kappa shape index (κ2) is 4.65. The van der Waals surface area contributed by atoms with Crippen molar-refractivity contribution in [2.24, 2.45) is 7.05 Å². The molecule has 1 aromatic carbocycles. The summed E-state index contributed by atoms with van der Waals surface area (Å²) in [7, 11) is 1.87. The van der Waals surface area contributed by atoms with Crippen molar-refractivity contribution in [3.63, 3.8) is 0 Å². The highest BCUT2D eigenvalue weighted by molar-refractivity contribution is 5.69. The summed E-state index contributed by atoms with van der Waals surface area (Å²) in [5.41, 5.74) is 4.51. The van der Waals surface area contributed by atoms with Gasteiger partial charge in [0.25, 0.3) is 0 Å². The van der Waals surface area contributed by atoms with Crippen molar-refractivity contribution in [2.45, 2.75) is 6.92 Å². The first-order valence-corrected chi connectivity index (χ1v) is 5.49. The summed E-state index contributed by atoms with van der Waals surface area (Å²) in [4.78, 5) is 0. The van der Waals surface area contributed by atoms with Crippen molar-refractivity contribution < 1.29 is 0 Å². The van der Waals surface area contributed by atoms with Crippen LogP contribution in [0.3, 0.4) is 0 Å². The van der Waals surface area contributed by atoms with E-state index in [1.165, 1.54) is 0 Å². The lowest BCUT2D eigenvalue weighted by Gasteiger charge is -2.09. The van der Waals surface area contributed by atoms with Crippen LogP contribution in [0.1, 0.15) is 11.3 Å². The third-order valence-electron chi connectivity index (χ3n) is 2.94. The molecule has 0 bridgehead atoms. The molecule has 0 unspecified atom stereocenters. The molecule has 0 aliphatic rings. The van der Waals surface area contributed by atoms with E-state index in [4.69, 9.17) is 10.5 Å². The molecular formula is C14H12N4. The van der Waals surface area contributed by atoms with Gasteiger partial charge in [0, 0.05) is 24.0 Å². The van der Waals surface area contributed by atoms with Gasteiger partial charge in [0.2, 0.25) is 0 Å². The SMILES string of the molecule is Cc1cc(NC#N)ccc1-c1ccc(C#N)n1C. The average molecular weight is 236 g/mol. The minimum Gasteiger partial charge on any atom is -0.335 e. The van der Waals surface area contributed by atoms with Crippen LogP contribution in [0.4, 0.5) is 5.69 Å². The normalized spacial score (nSPS) is 9.56. The highest BCUT2D eigenvalue weighted by Gasteiger charge is 2.09. The summed E-state index contributed by atoms with van der Waals surface area (Å²) >= 11 is 0. The highest BCUT2D eigenvalue weighted by atomic mass is 15.0. The van der Waals surface area contributed by atoms with Crippen molar-refractivity contribution in [1.82, 2.24) is 4.57 Å². The number of hydrogen-bond donors (Lipinski definition) is 1. The Morgan fingerprint density at radius 2 is 1.94 bits per heavy atom. The van der Waals surface area contributed by atoms with Crippen LogP contribution in [0.5, 0.6) is 0 Å². The number of benzene rings is 1. The van der Waals surface area contributed by atoms with Crippen molar-refractivity contribution in [3.8, 4) is 23.5 Å². The van der Waals surface area contributed by atoms with E-state index >= 15 is 0 Å². The molecule has 4 heteroatoms. The molecule has 0 aliphatic carbocycles. The first-order chi connectivity index (χ1) is 8.67. The van der Waals surface area contributed by atoms with E-state index in [2.05, 4.69) is 11.4 Å². The number of nitriles is 2. The molecule has 0 spiro atoms. The van der Waals surface area contributed by atoms with Gasteiger partial charge < -0.3 is 4.57 Å². The number of nitrogens with one attached hydrogen (secondary N) is 1. The largest absolute Gasteiger partial charge is 0.335 e. The fourth-order valence-corrected chi connectivity index (χ4v) is 1.99. The molecule has 0 radical (unpaired) electrons. The quantitative estimate of drug-likeness (QED) is 0.644. The number of anilines is 1. The van der Waals surface area contributed by atoms with Crippen LogP contribution in [0.15, 0.2) is 30.3 Å².